The van der Waals surface area contributed by atoms with Crippen molar-refractivity contribution in [3.8, 4) is 0 Å². The predicted molar refractivity (Wildman–Crippen MR) is 86.4 cm³/mol. The van der Waals surface area contributed by atoms with E-state index in [9.17, 15) is 0 Å². The normalized spacial score (nSPS) is 15.0. The molecule has 1 heterocycles. The van der Waals surface area contributed by atoms with Crippen LogP contribution in [-0.4, -0.2) is 35.4 Å². The van der Waals surface area contributed by atoms with Gasteiger partial charge >= 0.3 is 0 Å². The second kappa shape index (κ2) is 6.00. The van der Waals surface area contributed by atoms with E-state index in [-0.39, 0.29) is 6.04 Å². The van der Waals surface area contributed by atoms with Gasteiger partial charge in [0.15, 0.2) is 5.96 Å². The molecule has 108 valence electrons. The van der Waals surface area contributed by atoms with Crippen molar-refractivity contribution in [2.75, 3.05) is 19.6 Å². The van der Waals surface area contributed by atoms with Crippen LogP contribution in [-0.2, 0) is 0 Å². The van der Waals surface area contributed by atoms with Crippen LogP contribution >= 0.6 is 0 Å². The zero-order valence-electron chi connectivity index (χ0n) is 12.4. The molecule has 0 amide bonds. The minimum Gasteiger partial charge on any atom is -0.341 e. The number of guanidine groups is 1. The smallest absolute Gasteiger partial charge is 0.194 e. The molecule has 0 atom stereocenters. The molecule has 2 aromatic carbocycles. The lowest BCUT2D eigenvalue weighted by molar-refractivity contribution is 0.390. The van der Waals surface area contributed by atoms with E-state index in [0.717, 1.165) is 19.6 Å². The van der Waals surface area contributed by atoms with Gasteiger partial charge in [0, 0.05) is 19.6 Å². The Kier molecular flexibility index (Phi) is 3.91. The molecule has 3 heteroatoms. The molecular formula is C18H21N3. The van der Waals surface area contributed by atoms with E-state index in [1.165, 1.54) is 11.1 Å². The lowest BCUT2D eigenvalue weighted by Gasteiger charge is -2.30. The van der Waals surface area contributed by atoms with Crippen molar-refractivity contribution in [1.82, 2.24) is 9.80 Å². The molecule has 0 saturated carbocycles. The van der Waals surface area contributed by atoms with E-state index in [1.807, 2.05) is 12.1 Å². The minimum atomic E-state index is 0.122. The van der Waals surface area contributed by atoms with Gasteiger partial charge in [0.1, 0.15) is 0 Å². The second-order valence-corrected chi connectivity index (χ2v) is 5.32. The van der Waals surface area contributed by atoms with E-state index < -0.39 is 0 Å². The SMILES string of the molecule is CCN1CCN(C(c2ccccc2)c2ccccc2)C1=N. The van der Waals surface area contributed by atoms with Crippen LogP contribution in [0.4, 0.5) is 0 Å². The lowest BCUT2D eigenvalue weighted by atomic mass is 9.97. The van der Waals surface area contributed by atoms with Crippen LogP contribution in [0, 0.1) is 5.41 Å². The van der Waals surface area contributed by atoms with Crippen molar-refractivity contribution >= 4 is 5.96 Å². The van der Waals surface area contributed by atoms with E-state index in [0.29, 0.717) is 5.96 Å². The zero-order valence-corrected chi connectivity index (χ0v) is 12.4. The van der Waals surface area contributed by atoms with Gasteiger partial charge in [-0.1, -0.05) is 60.7 Å². The van der Waals surface area contributed by atoms with Gasteiger partial charge in [0.05, 0.1) is 6.04 Å². The van der Waals surface area contributed by atoms with Crippen molar-refractivity contribution < 1.29 is 0 Å². The van der Waals surface area contributed by atoms with Gasteiger partial charge < -0.3 is 9.80 Å². The summed E-state index contributed by atoms with van der Waals surface area (Å²) in [6.07, 6.45) is 0. The quantitative estimate of drug-likeness (QED) is 0.930. The molecule has 3 rings (SSSR count). The third-order valence-corrected chi connectivity index (χ3v) is 4.11. The van der Waals surface area contributed by atoms with Crippen molar-refractivity contribution in [2.24, 2.45) is 0 Å². The number of rotatable bonds is 4. The highest BCUT2D eigenvalue weighted by Crippen LogP contribution is 2.31. The molecule has 1 aliphatic heterocycles. The number of hydrogen-bond donors (Lipinski definition) is 1. The monoisotopic (exact) mass is 279 g/mol. The molecule has 0 aliphatic carbocycles. The summed E-state index contributed by atoms with van der Waals surface area (Å²) in [5.74, 6) is 0.634. The first-order valence-corrected chi connectivity index (χ1v) is 7.51. The van der Waals surface area contributed by atoms with Gasteiger partial charge in [-0.25, -0.2) is 0 Å². The molecule has 3 nitrogen and oxygen atoms in total. The molecule has 21 heavy (non-hydrogen) atoms. The van der Waals surface area contributed by atoms with Crippen LogP contribution in [0.3, 0.4) is 0 Å². The number of nitrogens with zero attached hydrogens (tertiary/aromatic N) is 2. The lowest BCUT2D eigenvalue weighted by Crippen LogP contribution is -2.35. The third-order valence-electron chi connectivity index (χ3n) is 4.11. The third kappa shape index (κ3) is 2.64. The summed E-state index contributed by atoms with van der Waals surface area (Å²) in [5, 5.41) is 8.44. The fourth-order valence-electron chi connectivity index (χ4n) is 3.00. The van der Waals surface area contributed by atoms with Gasteiger partial charge in [-0.05, 0) is 18.1 Å². The average molecular weight is 279 g/mol. The summed E-state index contributed by atoms with van der Waals surface area (Å²) in [6.45, 7) is 4.84. The first-order valence-electron chi connectivity index (χ1n) is 7.51. The van der Waals surface area contributed by atoms with Gasteiger partial charge in [0.25, 0.3) is 0 Å². The first kappa shape index (κ1) is 13.7. The number of benzene rings is 2. The van der Waals surface area contributed by atoms with Crippen LogP contribution in [0.25, 0.3) is 0 Å². The molecule has 0 aromatic heterocycles. The minimum absolute atomic E-state index is 0.122. The maximum atomic E-state index is 8.44. The standard InChI is InChI=1S/C18H21N3/c1-2-20-13-14-21(18(20)19)17(15-9-5-3-6-10-15)16-11-7-4-8-12-16/h3-12,17,19H,2,13-14H2,1H3. The Morgan fingerprint density at radius 1 is 0.905 bits per heavy atom. The van der Waals surface area contributed by atoms with Crippen LogP contribution in [0.15, 0.2) is 60.7 Å². The highest BCUT2D eigenvalue weighted by Gasteiger charge is 2.31. The average Bonchev–Trinajstić information content (AvgIpc) is 2.91. The Balaban J connectivity index is 2.00. The molecule has 1 N–H and O–H groups in total. The fourth-order valence-corrected chi connectivity index (χ4v) is 3.00. The number of nitrogens with one attached hydrogen (secondary N) is 1. The summed E-state index contributed by atoms with van der Waals surface area (Å²) >= 11 is 0. The zero-order chi connectivity index (χ0) is 14.7. The largest absolute Gasteiger partial charge is 0.341 e. The van der Waals surface area contributed by atoms with E-state index in [2.05, 4.69) is 65.3 Å². The maximum absolute atomic E-state index is 8.44. The van der Waals surface area contributed by atoms with E-state index >= 15 is 0 Å². The summed E-state index contributed by atoms with van der Waals surface area (Å²) < 4.78 is 0. The molecule has 0 bridgehead atoms. The van der Waals surface area contributed by atoms with Gasteiger partial charge in [-0.15, -0.1) is 0 Å². The van der Waals surface area contributed by atoms with Gasteiger partial charge in [-0.2, -0.15) is 0 Å². The fraction of sp³-hybridized carbons (Fsp3) is 0.278. The van der Waals surface area contributed by atoms with E-state index in [1.54, 1.807) is 0 Å². The van der Waals surface area contributed by atoms with Crippen molar-refractivity contribution in [3.05, 3.63) is 71.8 Å². The summed E-state index contributed by atoms with van der Waals surface area (Å²) in [5.41, 5.74) is 2.48. The Hall–Kier alpha value is -2.29. The van der Waals surface area contributed by atoms with Gasteiger partial charge in [0.2, 0.25) is 0 Å². The number of hydrogen-bond acceptors (Lipinski definition) is 1. The van der Waals surface area contributed by atoms with Crippen LogP contribution < -0.4 is 0 Å². The Bertz CT molecular complexity index is 555. The molecule has 1 saturated heterocycles. The maximum Gasteiger partial charge on any atom is 0.194 e. The van der Waals surface area contributed by atoms with Crippen LogP contribution in [0.2, 0.25) is 0 Å². The summed E-state index contributed by atoms with van der Waals surface area (Å²) in [7, 11) is 0. The van der Waals surface area contributed by atoms with Crippen molar-refractivity contribution in [2.45, 2.75) is 13.0 Å². The molecule has 0 unspecified atom stereocenters. The topological polar surface area (TPSA) is 30.3 Å². The first-order chi connectivity index (χ1) is 10.3. The van der Waals surface area contributed by atoms with E-state index in [4.69, 9.17) is 5.41 Å². The Labute approximate surface area is 126 Å². The molecule has 2 aromatic rings. The van der Waals surface area contributed by atoms with Crippen LogP contribution in [0.5, 0.6) is 0 Å². The second-order valence-electron chi connectivity index (χ2n) is 5.32. The van der Waals surface area contributed by atoms with Crippen molar-refractivity contribution in [3.63, 3.8) is 0 Å². The summed E-state index contributed by atoms with van der Waals surface area (Å²) in [6, 6.07) is 21.1. The Morgan fingerprint density at radius 3 is 1.86 bits per heavy atom. The highest BCUT2D eigenvalue weighted by molar-refractivity contribution is 5.80. The molecular weight excluding hydrogens is 258 g/mol. The summed E-state index contributed by atoms with van der Waals surface area (Å²) in [4.78, 5) is 4.33. The Morgan fingerprint density at radius 2 is 1.43 bits per heavy atom. The van der Waals surface area contributed by atoms with Crippen LogP contribution in [0.1, 0.15) is 24.1 Å². The molecule has 0 spiro atoms. The predicted octanol–water partition coefficient (Wildman–Crippen LogP) is 3.35. The molecule has 1 fully saturated rings. The number of likely N-dealkylation sites (N-methyl/N-ethyl adjacent to an activating group) is 1. The molecule has 1 aliphatic rings. The highest BCUT2D eigenvalue weighted by atomic mass is 15.4. The van der Waals surface area contributed by atoms with Gasteiger partial charge in [-0.3, -0.25) is 5.41 Å². The van der Waals surface area contributed by atoms with Crippen molar-refractivity contribution in [1.29, 1.82) is 5.41 Å². The molecule has 0 radical (unpaired) electrons.